The van der Waals surface area contributed by atoms with Crippen LogP contribution in [0.3, 0.4) is 0 Å². The van der Waals surface area contributed by atoms with Crippen molar-refractivity contribution < 1.29 is 19.4 Å². The lowest BCUT2D eigenvalue weighted by atomic mass is 9.82. The summed E-state index contributed by atoms with van der Waals surface area (Å²) in [5.74, 6) is -1.28. The van der Waals surface area contributed by atoms with E-state index in [2.05, 4.69) is 6.92 Å². The first-order valence-electron chi connectivity index (χ1n) is 9.18. The van der Waals surface area contributed by atoms with Gasteiger partial charge in [-0.25, -0.2) is 0 Å². The predicted octanol–water partition coefficient (Wildman–Crippen LogP) is 3.79. The molecule has 1 saturated carbocycles. The number of unbranched alkanes of at least 4 members (excludes halogenated alkanes) is 3. The van der Waals surface area contributed by atoms with Crippen LogP contribution in [-0.4, -0.2) is 27.7 Å². The van der Waals surface area contributed by atoms with Crippen molar-refractivity contribution in [3.63, 3.8) is 0 Å². The second-order valence-corrected chi connectivity index (χ2v) is 8.40. The van der Waals surface area contributed by atoms with Gasteiger partial charge in [-0.15, -0.1) is 0 Å². The van der Waals surface area contributed by atoms with E-state index in [1.807, 2.05) is 0 Å². The van der Waals surface area contributed by atoms with Crippen LogP contribution < -0.4 is 5.73 Å². The lowest BCUT2D eigenvalue weighted by Gasteiger charge is -2.31. The molecule has 0 amide bonds. The van der Waals surface area contributed by atoms with Crippen molar-refractivity contribution in [1.29, 1.82) is 0 Å². The van der Waals surface area contributed by atoms with Gasteiger partial charge in [0.25, 0.3) is 0 Å². The molecule has 0 aromatic carbocycles. The van der Waals surface area contributed by atoms with Crippen LogP contribution in [0.2, 0.25) is 0 Å². The van der Waals surface area contributed by atoms with Crippen LogP contribution in [0.4, 0.5) is 0 Å². The van der Waals surface area contributed by atoms with Crippen LogP contribution >= 0.6 is 8.03 Å². The number of carbonyl (C=O) groups is 1. The Balaban J connectivity index is 2.66. The smallest absolute Gasteiger partial charge is 0.307 e. The molecule has 4 N–H and O–H groups in total. The minimum Gasteiger partial charge on any atom is -0.481 e. The van der Waals surface area contributed by atoms with Gasteiger partial charge in [0.1, 0.15) is 0 Å². The summed E-state index contributed by atoms with van der Waals surface area (Å²) in [6.45, 7) is 2.10. The number of hydrogen-bond donors (Lipinski definition) is 3. The maximum atomic E-state index is 11.9. The average Bonchev–Trinajstić information content (AvgIpc) is 2.50. The molecule has 1 aliphatic carbocycles. The highest BCUT2D eigenvalue weighted by Gasteiger charge is 2.37. The van der Waals surface area contributed by atoms with Gasteiger partial charge in [-0.05, 0) is 18.8 Å². The average molecular weight is 347 g/mol. The molecule has 0 radical (unpaired) electrons. The van der Waals surface area contributed by atoms with Gasteiger partial charge in [0.15, 0.2) is 8.03 Å². The van der Waals surface area contributed by atoms with Crippen molar-refractivity contribution in [2.24, 2.45) is 17.6 Å². The third-order valence-corrected chi connectivity index (χ3v) is 6.60. The Labute approximate surface area is 140 Å². The molecular weight excluding hydrogens is 313 g/mol. The summed E-state index contributed by atoms with van der Waals surface area (Å²) >= 11 is 0. The van der Waals surface area contributed by atoms with E-state index in [-0.39, 0.29) is 0 Å². The molecule has 136 valence electrons. The standard InChI is InChI=1S/C17H34NO4P/c1-2-3-4-8-11-14(17(19)20)16(23(21)22)15(18)12-13-9-6-5-7-10-13/h13-16,23H,2-12,18H2,1H3,(H,19,20)(H,21,22). The first-order valence-corrected chi connectivity index (χ1v) is 10.6. The lowest BCUT2D eigenvalue weighted by Crippen LogP contribution is -2.42. The molecule has 4 unspecified atom stereocenters. The fraction of sp³-hybridized carbons (Fsp3) is 0.941. The van der Waals surface area contributed by atoms with Crippen LogP contribution in [-0.2, 0) is 9.36 Å². The first-order chi connectivity index (χ1) is 11.0. The molecule has 0 heterocycles. The van der Waals surface area contributed by atoms with Gasteiger partial charge < -0.3 is 15.7 Å². The summed E-state index contributed by atoms with van der Waals surface area (Å²) in [7, 11) is -2.96. The second kappa shape index (κ2) is 11.2. The van der Waals surface area contributed by atoms with Crippen molar-refractivity contribution in [3.05, 3.63) is 0 Å². The molecule has 1 aliphatic rings. The number of carboxylic acid groups (broad SMARTS) is 1. The summed E-state index contributed by atoms with van der Waals surface area (Å²) < 4.78 is 11.9. The molecule has 0 bridgehead atoms. The van der Waals surface area contributed by atoms with Crippen molar-refractivity contribution in [3.8, 4) is 0 Å². The van der Waals surface area contributed by atoms with Gasteiger partial charge >= 0.3 is 5.97 Å². The molecule has 23 heavy (non-hydrogen) atoms. The first kappa shape index (κ1) is 20.7. The van der Waals surface area contributed by atoms with Crippen LogP contribution in [0.25, 0.3) is 0 Å². The van der Waals surface area contributed by atoms with E-state index in [1.54, 1.807) is 0 Å². The molecule has 1 fully saturated rings. The van der Waals surface area contributed by atoms with Crippen molar-refractivity contribution in [1.82, 2.24) is 0 Å². The molecule has 0 aliphatic heterocycles. The Morgan fingerprint density at radius 1 is 1.22 bits per heavy atom. The summed E-state index contributed by atoms with van der Waals surface area (Å²) in [4.78, 5) is 21.4. The molecule has 6 heteroatoms. The van der Waals surface area contributed by atoms with Gasteiger partial charge in [0.2, 0.25) is 0 Å². The summed E-state index contributed by atoms with van der Waals surface area (Å²) in [5, 5.41) is 9.51. The largest absolute Gasteiger partial charge is 0.481 e. The maximum Gasteiger partial charge on any atom is 0.307 e. The van der Waals surface area contributed by atoms with Crippen LogP contribution in [0.1, 0.15) is 77.6 Å². The molecule has 1 rings (SSSR count). The quantitative estimate of drug-likeness (QED) is 0.390. The van der Waals surface area contributed by atoms with E-state index in [0.29, 0.717) is 18.8 Å². The third kappa shape index (κ3) is 7.36. The van der Waals surface area contributed by atoms with Crippen molar-refractivity contribution >= 4 is 14.0 Å². The zero-order valence-electron chi connectivity index (χ0n) is 14.4. The normalized spacial score (nSPS) is 21.5. The van der Waals surface area contributed by atoms with E-state index in [4.69, 9.17) is 5.73 Å². The Bertz CT molecular complexity index is 372. The van der Waals surface area contributed by atoms with Gasteiger partial charge in [0, 0.05) is 6.04 Å². The summed E-state index contributed by atoms with van der Waals surface area (Å²) in [6.07, 6.45) is 10.9. The highest BCUT2D eigenvalue weighted by atomic mass is 31.1. The number of aliphatic carboxylic acids is 1. The Morgan fingerprint density at radius 2 is 1.87 bits per heavy atom. The maximum absolute atomic E-state index is 11.9. The Kier molecular flexibility index (Phi) is 10.1. The van der Waals surface area contributed by atoms with Crippen LogP contribution in [0.5, 0.6) is 0 Å². The second-order valence-electron chi connectivity index (χ2n) is 7.06. The van der Waals surface area contributed by atoms with E-state index in [9.17, 15) is 19.4 Å². The van der Waals surface area contributed by atoms with Crippen molar-refractivity contribution in [2.75, 3.05) is 0 Å². The molecule has 0 aromatic rings. The monoisotopic (exact) mass is 347 g/mol. The fourth-order valence-corrected chi connectivity index (χ4v) is 5.01. The number of nitrogens with two attached hydrogens (primary N) is 1. The predicted molar refractivity (Wildman–Crippen MR) is 94.1 cm³/mol. The summed E-state index contributed by atoms with van der Waals surface area (Å²) in [6, 6.07) is -0.484. The number of hydrogen-bond acceptors (Lipinski definition) is 3. The third-order valence-electron chi connectivity index (χ3n) is 5.20. The lowest BCUT2D eigenvalue weighted by molar-refractivity contribution is -0.142. The van der Waals surface area contributed by atoms with E-state index >= 15 is 0 Å². The zero-order chi connectivity index (χ0) is 17.2. The molecule has 5 nitrogen and oxygen atoms in total. The van der Waals surface area contributed by atoms with Gasteiger partial charge in [-0.2, -0.15) is 0 Å². The molecule has 4 atom stereocenters. The molecular formula is C17H34NO4P. The highest BCUT2D eigenvalue weighted by Crippen LogP contribution is 2.38. The van der Waals surface area contributed by atoms with Crippen LogP contribution in [0.15, 0.2) is 0 Å². The van der Waals surface area contributed by atoms with E-state index < -0.39 is 31.6 Å². The Morgan fingerprint density at radius 3 is 2.39 bits per heavy atom. The van der Waals surface area contributed by atoms with Gasteiger partial charge in [0.05, 0.1) is 11.6 Å². The van der Waals surface area contributed by atoms with Crippen molar-refractivity contribution in [2.45, 2.75) is 89.3 Å². The van der Waals surface area contributed by atoms with E-state index in [1.165, 1.54) is 19.3 Å². The fourth-order valence-electron chi connectivity index (χ4n) is 3.86. The number of carboxylic acids is 1. The number of rotatable bonds is 11. The molecule has 0 saturated heterocycles. The topological polar surface area (TPSA) is 101 Å². The zero-order valence-corrected chi connectivity index (χ0v) is 15.4. The summed E-state index contributed by atoms with van der Waals surface area (Å²) in [5.41, 5.74) is 5.43. The Hall–Kier alpha value is -0.380. The highest BCUT2D eigenvalue weighted by molar-refractivity contribution is 7.39. The van der Waals surface area contributed by atoms with Gasteiger partial charge in [-0.3, -0.25) is 9.36 Å². The SMILES string of the molecule is CCCCCCC(C(=O)O)C(C(N)CC1CCCCC1)[PH](=O)O. The van der Waals surface area contributed by atoms with Crippen LogP contribution in [0, 0.1) is 11.8 Å². The van der Waals surface area contributed by atoms with E-state index in [0.717, 1.165) is 38.5 Å². The minimum atomic E-state index is -2.96. The molecule has 0 aromatic heterocycles. The molecule has 0 spiro atoms. The minimum absolute atomic E-state index is 0.454. The van der Waals surface area contributed by atoms with Gasteiger partial charge in [-0.1, -0.05) is 64.7 Å².